The van der Waals surface area contributed by atoms with Gasteiger partial charge < -0.3 is 5.73 Å². The lowest BCUT2D eigenvalue weighted by Gasteiger charge is -2.28. The molecule has 0 fully saturated rings. The van der Waals surface area contributed by atoms with Gasteiger partial charge in [0.15, 0.2) is 5.69 Å². The zero-order valence-corrected chi connectivity index (χ0v) is 8.53. The number of carbonyl (C=O) groups excluding carboxylic acids is 1. The molecule has 0 spiro atoms. The molecule has 0 aliphatic rings. The van der Waals surface area contributed by atoms with E-state index in [1.165, 1.54) is 0 Å². The fourth-order valence-corrected chi connectivity index (χ4v) is 1.22. The van der Waals surface area contributed by atoms with Crippen LogP contribution in [-0.4, -0.2) is 26.5 Å². The predicted octanol–water partition coefficient (Wildman–Crippen LogP) is 0.243. The predicted molar refractivity (Wildman–Crippen MR) is 57.3 cm³/mol. The first-order chi connectivity index (χ1) is 6.56. The average molecular weight is 194 g/mol. The Morgan fingerprint density at radius 2 is 1.93 bits per heavy atom. The smallest absolute Gasteiger partial charge is 0.279 e. The number of nitrogens with one attached hydrogen (secondary N) is 1. The highest BCUT2D eigenvalue weighted by molar-refractivity contribution is 5.78. The maximum Gasteiger partial charge on any atom is 0.279 e. The zero-order chi connectivity index (χ0) is 10.6. The van der Waals surface area contributed by atoms with Crippen LogP contribution in [0.4, 0.5) is 5.69 Å². The first-order valence-electron chi connectivity index (χ1n) is 4.47. The quantitative estimate of drug-likeness (QED) is 0.535. The molecule has 0 atom stereocenters. The number of hydrogen-bond acceptors (Lipinski definition) is 2. The lowest BCUT2D eigenvalue weighted by atomic mass is 10.3. The summed E-state index contributed by atoms with van der Waals surface area (Å²) in [6, 6.07) is 9.72. The van der Waals surface area contributed by atoms with Gasteiger partial charge in [-0.3, -0.25) is 4.79 Å². The number of benzene rings is 1. The van der Waals surface area contributed by atoms with Crippen LogP contribution in [0.5, 0.6) is 0 Å². The number of quaternary nitrogens is 1. The Hall–Kier alpha value is -1.39. The second-order valence-corrected chi connectivity index (χ2v) is 3.53. The monoisotopic (exact) mass is 194 g/mol. The van der Waals surface area contributed by atoms with Crippen molar-refractivity contribution < 1.29 is 4.79 Å². The summed E-state index contributed by atoms with van der Waals surface area (Å²) in [5, 5.41) is 0. The standard InChI is InChI=1S/C10H15N3O/c1-13(2,12-10(14)8-11)9-6-4-3-5-7-9/h3-7H,8,11H2,1-2H3/p+1. The molecule has 0 aromatic heterocycles. The van der Waals surface area contributed by atoms with E-state index >= 15 is 0 Å². The van der Waals surface area contributed by atoms with Crippen LogP contribution in [-0.2, 0) is 4.79 Å². The molecule has 4 heteroatoms. The number of amides is 1. The first kappa shape index (κ1) is 10.7. The molecule has 1 amide bonds. The van der Waals surface area contributed by atoms with Crippen molar-refractivity contribution in [2.75, 3.05) is 20.6 Å². The summed E-state index contributed by atoms with van der Waals surface area (Å²) in [5.41, 5.74) is 9.04. The number of rotatable bonds is 3. The highest BCUT2D eigenvalue weighted by atomic mass is 16.2. The summed E-state index contributed by atoms with van der Waals surface area (Å²) in [6.07, 6.45) is 0. The third kappa shape index (κ3) is 2.55. The van der Waals surface area contributed by atoms with Crippen molar-refractivity contribution in [2.45, 2.75) is 0 Å². The Morgan fingerprint density at radius 1 is 1.36 bits per heavy atom. The van der Waals surface area contributed by atoms with Gasteiger partial charge in [0, 0.05) is 12.1 Å². The molecule has 0 heterocycles. The van der Waals surface area contributed by atoms with E-state index in [0.717, 1.165) is 5.69 Å². The molecule has 1 aromatic rings. The van der Waals surface area contributed by atoms with Gasteiger partial charge in [0.25, 0.3) is 5.91 Å². The van der Waals surface area contributed by atoms with Gasteiger partial charge in [-0.2, -0.15) is 10.0 Å². The molecular formula is C10H16N3O+. The summed E-state index contributed by atoms with van der Waals surface area (Å²) >= 11 is 0. The molecule has 1 rings (SSSR count). The van der Waals surface area contributed by atoms with Gasteiger partial charge in [-0.15, -0.1) is 0 Å². The molecule has 14 heavy (non-hydrogen) atoms. The summed E-state index contributed by atoms with van der Waals surface area (Å²) in [7, 11) is 3.78. The fraction of sp³-hybridized carbons (Fsp3) is 0.300. The van der Waals surface area contributed by atoms with Crippen LogP contribution in [0.2, 0.25) is 0 Å². The maximum absolute atomic E-state index is 11.1. The summed E-state index contributed by atoms with van der Waals surface area (Å²) in [5.74, 6) is -0.168. The molecule has 76 valence electrons. The van der Waals surface area contributed by atoms with Gasteiger partial charge in [-0.25, -0.2) is 0 Å². The molecule has 0 aliphatic carbocycles. The van der Waals surface area contributed by atoms with Crippen molar-refractivity contribution in [3.8, 4) is 0 Å². The van der Waals surface area contributed by atoms with E-state index < -0.39 is 0 Å². The van der Waals surface area contributed by atoms with Crippen LogP contribution in [0.25, 0.3) is 0 Å². The van der Waals surface area contributed by atoms with Gasteiger partial charge in [-0.05, 0) is 0 Å². The minimum atomic E-state index is -0.168. The van der Waals surface area contributed by atoms with E-state index in [2.05, 4.69) is 5.43 Å². The van der Waals surface area contributed by atoms with Gasteiger partial charge in [0.05, 0.1) is 20.6 Å². The van der Waals surface area contributed by atoms with Crippen molar-refractivity contribution >= 4 is 11.6 Å². The number of nitrogens with zero attached hydrogens (tertiary/aromatic N) is 1. The van der Waals surface area contributed by atoms with Crippen molar-refractivity contribution in [2.24, 2.45) is 5.73 Å². The Bertz CT molecular complexity index is 308. The van der Waals surface area contributed by atoms with Crippen molar-refractivity contribution in [1.82, 2.24) is 10.0 Å². The molecule has 0 unspecified atom stereocenters. The van der Waals surface area contributed by atoms with E-state index in [4.69, 9.17) is 5.73 Å². The van der Waals surface area contributed by atoms with Gasteiger partial charge in [0.2, 0.25) is 0 Å². The minimum Gasteiger partial charge on any atom is -0.322 e. The number of nitrogens with two attached hydrogens (primary N) is 1. The normalized spacial score (nSPS) is 11.1. The molecule has 0 radical (unpaired) electrons. The largest absolute Gasteiger partial charge is 0.322 e. The fourth-order valence-electron chi connectivity index (χ4n) is 1.22. The number of para-hydroxylation sites is 1. The van der Waals surface area contributed by atoms with E-state index in [-0.39, 0.29) is 12.5 Å². The molecule has 3 N–H and O–H groups in total. The van der Waals surface area contributed by atoms with Crippen LogP contribution in [0.15, 0.2) is 30.3 Å². The molecule has 1 aromatic carbocycles. The van der Waals surface area contributed by atoms with Gasteiger partial charge in [0.1, 0.15) is 0 Å². The first-order valence-corrected chi connectivity index (χ1v) is 4.47. The van der Waals surface area contributed by atoms with Gasteiger partial charge in [-0.1, -0.05) is 18.2 Å². The van der Waals surface area contributed by atoms with Crippen molar-refractivity contribution in [3.63, 3.8) is 0 Å². The van der Waals surface area contributed by atoms with Crippen molar-refractivity contribution in [3.05, 3.63) is 30.3 Å². The lowest BCUT2D eigenvalue weighted by molar-refractivity contribution is -0.123. The van der Waals surface area contributed by atoms with Crippen molar-refractivity contribution in [1.29, 1.82) is 0 Å². The van der Waals surface area contributed by atoms with Gasteiger partial charge >= 0.3 is 0 Å². The third-order valence-corrected chi connectivity index (χ3v) is 1.99. The van der Waals surface area contributed by atoms with E-state index in [9.17, 15) is 4.79 Å². The Morgan fingerprint density at radius 3 is 2.43 bits per heavy atom. The maximum atomic E-state index is 11.1. The Kier molecular flexibility index (Phi) is 3.22. The van der Waals surface area contributed by atoms with Crippen LogP contribution < -0.4 is 15.8 Å². The average Bonchev–Trinajstić information content (AvgIpc) is 2.18. The SMILES string of the molecule is C[N+](C)(NC(=O)CN)c1ccccc1. The zero-order valence-electron chi connectivity index (χ0n) is 8.53. The number of hydrogen-bond donors (Lipinski definition) is 2. The van der Waals surface area contributed by atoms with Crippen LogP contribution in [0, 0.1) is 0 Å². The molecule has 4 nitrogen and oxygen atoms in total. The van der Waals surface area contributed by atoms with E-state index in [1.54, 1.807) is 0 Å². The summed E-state index contributed by atoms with van der Waals surface area (Å²) in [4.78, 5) is 11.1. The van der Waals surface area contributed by atoms with Crippen LogP contribution >= 0.6 is 0 Å². The molecule has 0 bridgehead atoms. The number of carbonyl (C=O) groups is 1. The summed E-state index contributed by atoms with van der Waals surface area (Å²) in [6.45, 7) is 0.00845. The molecule has 0 saturated carbocycles. The Balaban J connectivity index is 2.80. The lowest BCUT2D eigenvalue weighted by Crippen LogP contribution is -2.57. The van der Waals surface area contributed by atoms with Crippen LogP contribution in [0.3, 0.4) is 0 Å². The van der Waals surface area contributed by atoms with E-state index in [1.807, 2.05) is 44.4 Å². The van der Waals surface area contributed by atoms with Crippen LogP contribution in [0.1, 0.15) is 0 Å². The minimum absolute atomic E-state index is 0.00845. The second-order valence-electron chi connectivity index (χ2n) is 3.53. The molecule has 0 aliphatic heterocycles. The molecular weight excluding hydrogens is 178 g/mol. The topological polar surface area (TPSA) is 55.1 Å². The summed E-state index contributed by atoms with van der Waals surface area (Å²) < 4.78 is 0.302. The highest BCUT2D eigenvalue weighted by Crippen LogP contribution is 2.14. The Labute approximate surface area is 83.9 Å². The highest BCUT2D eigenvalue weighted by Gasteiger charge is 2.20. The van der Waals surface area contributed by atoms with E-state index in [0.29, 0.717) is 4.59 Å². The third-order valence-electron chi connectivity index (χ3n) is 1.99. The second kappa shape index (κ2) is 4.21. The molecule has 0 saturated heterocycles.